The molecule has 0 radical (unpaired) electrons. The highest BCUT2D eigenvalue weighted by Gasteiger charge is 2.19. The second-order valence-electron chi connectivity index (χ2n) is 2.94. The van der Waals surface area contributed by atoms with Gasteiger partial charge in [0.25, 0.3) is 11.4 Å². The van der Waals surface area contributed by atoms with Crippen LogP contribution in [0.2, 0.25) is 0 Å². The van der Waals surface area contributed by atoms with Gasteiger partial charge in [-0.3, -0.25) is 4.72 Å². The molecule has 6 nitrogen and oxygen atoms in total. The van der Waals surface area contributed by atoms with Gasteiger partial charge in [-0.15, -0.1) is 5.14 Å². The molecule has 1 atom stereocenters. The molecule has 0 heterocycles. The van der Waals surface area contributed by atoms with Crippen molar-refractivity contribution in [2.45, 2.75) is 4.90 Å². The van der Waals surface area contributed by atoms with E-state index >= 15 is 0 Å². The molecule has 1 aromatic carbocycles. The summed E-state index contributed by atoms with van der Waals surface area (Å²) in [6.07, 6.45) is 1.03. The summed E-state index contributed by atoms with van der Waals surface area (Å²) in [5.41, 5.74) is 6.18. The molecular weight excluding hydrogens is 238 g/mol. The Kier molecular flexibility index (Phi) is 3.45. The number of benzene rings is 1. The number of nitrogen functional groups attached to an aromatic ring is 1. The van der Waals surface area contributed by atoms with E-state index in [-0.39, 0.29) is 0 Å². The Balaban J connectivity index is 3.08. The molecule has 8 heteroatoms. The van der Waals surface area contributed by atoms with Crippen LogP contribution in [0.3, 0.4) is 0 Å². The maximum absolute atomic E-state index is 10.9. The molecule has 0 amide bonds. The predicted molar refractivity (Wildman–Crippen MR) is 61.8 cm³/mol. The van der Waals surface area contributed by atoms with Crippen LogP contribution in [0, 0.1) is 0 Å². The normalized spacial score (nSPS) is 13.5. The third-order valence-corrected chi connectivity index (χ3v) is 2.95. The molecule has 0 aliphatic carbocycles. The molecule has 6 N–H and O–H groups in total. The van der Waals surface area contributed by atoms with Crippen molar-refractivity contribution in [3.63, 3.8) is 0 Å². The van der Waals surface area contributed by atoms with Gasteiger partial charge >= 0.3 is 0 Å². The van der Waals surface area contributed by atoms with Crippen molar-refractivity contribution in [1.29, 1.82) is 0 Å². The van der Waals surface area contributed by atoms with E-state index in [1.54, 1.807) is 0 Å². The molecule has 84 valence electrons. The van der Waals surface area contributed by atoms with Crippen LogP contribution >= 0.6 is 0 Å². The van der Waals surface area contributed by atoms with E-state index in [0.29, 0.717) is 16.3 Å². The molecular formula is C7H12N3O3S2+. The molecule has 0 saturated carbocycles. The van der Waals surface area contributed by atoms with Crippen molar-refractivity contribution in [3.8, 4) is 0 Å². The van der Waals surface area contributed by atoms with Crippen molar-refractivity contribution in [2.24, 2.45) is 5.14 Å². The van der Waals surface area contributed by atoms with Gasteiger partial charge in [-0.05, 0) is 12.1 Å². The zero-order valence-electron chi connectivity index (χ0n) is 7.97. The lowest BCUT2D eigenvalue weighted by Crippen LogP contribution is -2.15. The van der Waals surface area contributed by atoms with Crippen molar-refractivity contribution < 1.29 is 13.0 Å². The lowest BCUT2D eigenvalue weighted by atomic mass is 10.3. The second kappa shape index (κ2) is 4.27. The second-order valence-corrected chi connectivity index (χ2v) is 5.76. The van der Waals surface area contributed by atoms with Crippen LogP contribution in [0.5, 0.6) is 0 Å². The Morgan fingerprint density at radius 1 is 1.47 bits per heavy atom. The SMILES string of the molecule is CS(=O)(=O)Nc1ccc(N)c([S+](N)O)c1. The molecule has 0 fully saturated rings. The maximum Gasteiger partial charge on any atom is 0.274 e. The van der Waals surface area contributed by atoms with E-state index in [1.165, 1.54) is 18.2 Å². The van der Waals surface area contributed by atoms with Crippen molar-refractivity contribution in [2.75, 3.05) is 16.7 Å². The third-order valence-electron chi connectivity index (χ3n) is 1.54. The van der Waals surface area contributed by atoms with Gasteiger partial charge in [-0.1, -0.05) is 0 Å². The number of rotatable bonds is 3. The van der Waals surface area contributed by atoms with Gasteiger partial charge in [-0.25, -0.2) is 8.42 Å². The fourth-order valence-electron chi connectivity index (χ4n) is 0.993. The van der Waals surface area contributed by atoms with E-state index in [2.05, 4.69) is 4.72 Å². The monoisotopic (exact) mass is 250 g/mol. The van der Waals surface area contributed by atoms with E-state index < -0.39 is 21.4 Å². The van der Waals surface area contributed by atoms with Gasteiger partial charge in [-0.2, -0.15) is 4.55 Å². The highest BCUT2D eigenvalue weighted by atomic mass is 32.2. The summed E-state index contributed by atoms with van der Waals surface area (Å²) in [5, 5.41) is 5.27. The largest absolute Gasteiger partial charge is 0.394 e. The minimum Gasteiger partial charge on any atom is -0.394 e. The zero-order chi connectivity index (χ0) is 11.6. The zero-order valence-corrected chi connectivity index (χ0v) is 9.60. The Morgan fingerprint density at radius 3 is 2.53 bits per heavy atom. The summed E-state index contributed by atoms with van der Waals surface area (Å²) >= 11 is -1.49. The summed E-state index contributed by atoms with van der Waals surface area (Å²) in [5.74, 6) is 0. The summed E-state index contributed by atoms with van der Waals surface area (Å²) in [6.45, 7) is 0. The summed E-state index contributed by atoms with van der Waals surface area (Å²) in [7, 11) is -3.34. The third kappa shape index (κ3) is 3.59. The number of hydrogen-bond donors (Lipinski definition) is 4. The summed E-state index contributed by atoms with van der Waals surface area (Å²) in [6, 6.07) is 4.37. The molecule has 1 unspecified atom stereocenters. The number of sulfonamides is 1. The van der Waals surface area contributed by atoms with Crippen LogP contribution in [0.1, 0.15) is 0 Å². The van der Waals surface area contributed by atoms with Crippen molar-refractivity contribution in [1.82, 2.24) is 0 Å². The molecule has 1 rings (SSSR count). The lowest BCUT2D eigenvalue weighted by molar-refractivity contribution is 0.606. The standard InChI is InChI=1S/C7H12N3O3S2/c1-15(12,13)10-5-2-3-6(8)7(4-5)14(9)11/h2-4,10-11H,8-9H2,1H3/q+1. The van der Waals surface area contributed by atoms with Crippen LogP contribution in [-0.2, 0) is 21.4 Å². The first-order valence-electron chi connectivity index (χ1n) is 3.84. The average molecular weight is 250 g/mol. The molecule has 0 aliphatic heterocycles. The summed E-state index contributed by atoms with van der Waals surface area (Å²) < 4.78 is 33.3. The topological polar surface area (TPSA) is 118 Å². The number of nitrogens with two attached hydrogens (primary N) is 2. The molecule has 0 spiro atoms. The Morgan fingerprint density at radius 2 is 2.07 bits per heavy atom. The highest BCUT2D eigenvalue weighted by molar-refractivity contribution is 7.92. The van der Waals surface area contributed by atoms with Gasteiger partial charge in [0.2, 0.25) is 14.9 Å². The van der Waals surface area contributed by atoms with Crippen molar-refractivity contribution >= 4 is 32.8 Å². The molecule has 0 bridgehead atoms. The minimum absolute atomic E-state index is 0.309. The first-order valence-corrected chi connectivity index (χ1v) is 6.98. The molecule has 0 saturated heterocycles. The molecule has 0 aliphatic rings. The minimum atomic E-state index is -3.34. The fourth-order valence-corrected chi connectivity index (χ4v) is 2.11. The quantitative estimate of drug-likeness (QED) is 0.443. The van der Waals surface area contributed by atoms with Crippen LogP contribution in [0.4, 0.5) is 11.4 Å². The summed E-state index contributed by atoms with van der Waals surface area (Å²) in [4.78, 5) is 0.309. The fraction of sp³-hybridized carbons (Fsp3) is 0.143. The van der Waals surface area contributed by atoms with Crippen LogP contribution in [0.15, 0.2) is 23.1 Å². The van der Waals surface area contributed by atoms with E-state index in [0.717, 1.165) is 6.26 Å². The molecule has 15 heavy (non-hydrogen) atoms. The Bertz CT molecular complexity index is 459. The highest BCUT2D eigenvalue weighted by Crippen LogP contribution is 2.21. The smallest absolute Gasteiger partial charge is 0.274 e. The average Bonchev–Trinajstić information content (AvgIpc) is 2.05. The number of hydrogen-bond acceptors (Lipinski definition) is 5. The van der Waals surface area contributed by atoms with Gasteiger partial charge in [0, 0.05) is 6.07 Å². The van der Waals surface area contributed by atoms with Crippen LogP contribution in [-0.4, -0.2) is 19.2 Å². The van der Waals surface area contributed by atoms with Gasteiger partial charge in [0.1, 0.15) is 0 Å². The van der Waals surface area contributed by atoms with Gasteiger partial charge < -0.3 is 5.73 Å². The van der Waals surface area contributed by atoms with Crippen LogP contribution < -0.4 is 15.6 Å². The van der Waals surface area contributed by atoms with Crippen LogP contribution in [0.25, 0.3) is 0 Å². The number of anilines is 2. The maximum atomic E-state index is 10.9. The van der Waals surface area contributed by atoms with Gasteiger partial charge in [0.05, 0.1) is 17.6 Å². The van der Waals surface area contributed by atoms with E-state index in [9.17, 15) is 13.0 Å². The lowest BCUT2D eigenvalue weighted by Gasteiger charge is -2.04. The van der Waals surface area contributed by atoms with Gasteiger partial charge in [0.15, 0.2) is 0 Å². The van der Waals surface area contributed by atoms with Crippen molar-refractivity contribution in [3.05, 3.63) is 18.2 Å². The Hall–Kier alpha value is -0.960. The Labute approximate surface area is 91.0 Å². The molecule has 1 aromatic rings. The first kappa shape index (κ1) is 12.1. The van der Waals surface area contributed by atoms with E-state index in [1.807, 2.05) is 0 Å². The predicted octanol–water partition coefficient (Wildman–Crippen LogP) is -0.0358. The molecule has 0 aromatic heterocycles. The van der Waals surface area contributed by atoms with E-state index in [4.69, 9.17) is 10.9 Å². The number of nitrogens with one attached hydrogen (secondary N) is 1. The first-order chi connectivity index (χ1) is 6.79.